The lowest BCUT2D eigenvalue weighted by Gasteiger charge is -2.28. The van der Waals surface area contributed by atoms with Crippen molar-refractivity contribution in [3.63, 3.8) is 0 Å². The molecule has 0 spiro atoms. The van der Waals surface area contributed by atoms with Gasteiger partial charge in [0, 0.05) is 0 Å². The summed E-state index contributed by atoms with van der Waals surface area (Å²) in [5.41, 5.74) is 0. The van der Waals surface area contributed by atoms with Gasteiger partial charge in [0.1, 0.15) is 0 Å². The Bertz CT molecular complexity index is 252. The van der Waals surface area contributed by atoms with Gasteiger partial charge in [0.15, 0.2) is 0 Å². The molecule has 0 saturated heterocycles. The molecule has 2 N–H and O–H groups in total. The predicted octanol–water partition coefficient (Wildman–Crippen LogP) is 0.663. The number of thioether (sulfide) groups is 1. The SMILES string of the molecule is N#CCSCC(=O)N[C@H]1CCCC[C@@H]1O. The summed E-state index contributed by atoms with van der Waals surface area (Å²) >= 11 is 1.30. The van der Waals surface area contributed by atoms with E-state index in [-0.39, 0.29) is 11.9 Å². The van der Waals surface area contributed by atoms with Gasteiger partial charge < -0.3 is 10.4 Å². The Labute approximate surface area is 94.0 Å². The second kappa shape index (κ2) is 6.70. The molecule has 0 unspecified atom stereocenters. The number of amides is 1. The lowest BCUT2D eigenvalue weighted by Crippen LogP contribution is -2.45. The minimum atomic E-state index is -0.399. The molecule has 2 atom stereocenters. The van der Waals surface area contributed by atoms with Crippen LogP contribution in [0.25, 0.3) is 0 Å². The molecule has 1 aliphatic carbocycles. The van der Waals surface area contributed by atoms with E-state index in [9.17, 15) is 9.90 Å². The third-order valence-corrected chi connectivity index (χ3v) is 3.28. The normalized spacial score (nSPS) is 25.6. The summed E-state index contributed by atoms with van der Waals surface area (Å²) in [5.74, 6) is 0.554. The van der Waals surface area contributed by atoms with Crippen LogP contribution in [0.4, 0.5) is 0 Å². The maximum atomic E-state index is 11.4. The molecule has 0 heterocycles. The summed E-state index contributed by atoms with van der Waals surface area (Å²) in [4.78, 5) is 11.4. The van der Waals surface area contributed by atoms with Crippen molar-refractivity contribution in [3.8, 4) is 6.07 Å². The highest BCUT2D eigenvalue weighted by molar-refractivity contribution is 8.00. The van der Waals surface area contributed by atoms with E-state index in [1.807, 2.05) is 6.07 Å². The Morgan fingerprint density at radius 1 is 1.53 bits per heavy atom. The zero-order valence-corrected chi connectivity index (χ0v) is 9.42. The van der Waals surface area contributed by atoms with Crippen LogP contribution in [0.15, 0.2) is 0 Å². The van der Waals surface area contributed by atoms with Crippen LogP contribution in [0.3, 0.4) is 0 Å². The molecule has 0 aromatic carbocycles. The number of carbonyl (C=O) groups excluding carboxylic acids is 1. The highest BCUT2D eigenvalue weighted by atomic mass is 32.2. The number of nitrogens with zero attached hydrogens (tertiary/aromatic N) is 1. The van der Waals surface area contributed by atoms with Crippen molar-refractivity contribution in [2.24, 2.45) is 0 Å². The molecule has 0 bridgehead atoms. The molecular weight excluding hydrogens is 212 g/mol. The van der Waals surface area contributed by atoms with Gasteiger partial charge in [-0.1, -0.05) is 12.8 Å². The lowest BCUT2D eigenvalue weighted by atomic mass is 9.93. The molecule has 0 radical (unpaired) electrons. The number of rotatable bonds is 4. The molecule has 4 nitrogen and oxygen atoms in total. The van der Waals surface area contributed by atoms with Crippen LogP contribution in [0, 0.1) is 11.3 Å². The number of carbonyl (C=O) groups is 1. The molecule has 0 aromatic heterocycles. The van der Waals surface area contributed by atoms with Gasteiger partial charge >= 0.3 is 0 Å². The Hall–Kier alpha value is -0.730. The average molecular weight is 228 g/mol. The van der Waals surface area contributed by atoms with Gasteiger partial charge in [-0.2, -0.15) is 5.26 Å². The van der Waals surface area contributed by atoms with E-state index in [1.165, 1.54) is 11.8 Å². The number of hydrogen-bond donors (Lipinski definition) is 2. The van der Waals surface area contributed by atoms with Crippen LogP contribution in [0.5, 0.6) is 0 Å². The Morgan fingerprint density at radius 3 is 2.93 bits per heavy atom. The maximum absolute atomic E-state index is 11.4. The first-order valence-electron chi connectivity index (χ1n) is 5.16. The van der Waals surface area contributed by atoms with Gasteiger partial charge in [0.2, 0.25) is 5.91 Å². The number of nitrogens with one attached hydrogen (secondary N) is 1. The summed E-state index contributed by atoms with van der Waals surface area (Å²) in [7, 11) is 0. The Kier molecular flexibility index (Phi) is 5.51. The third kappa shape index (κ3) is 4.54. The fraction of sp³-hybridized carbons (Fsp3) is 0.800. The number of aliphatic hydroxyl groups excluding tert-OH is 1. The molecule has 1 aliphatic rings. The van der Waals surface area contributed by atoms with E-state index in [2.05, 4.69) is 5.32 Å². The quantitative estimate of drug-likeness (QED) is 0.693. The summed E-state index contributed by atoms with van der Waals surface area (Å²) < 4.78 is 0. The van der Waals surface area contributed by atoms with Crippen molar-refractivity contribution in [1.29, 1.82) is 5.26 Å². The molecule has 15 heavy (non-hydrogen) atoms. The second-order valence-corrected chi connectivity index (χ2v) is 4.66. The van der Waals surface area contributed by atoms with E-state index >= 15 is 0 Å². The molecule has 0 aromatic rings. The smallest absolute Gasteiger partial charge is 0.230 e. The van der Waals surface area contributed by atoms with Crippen molar-refractivity contribution in [2.75, 3.05) is 11.5 Å². The van der Waals surface area contributed by atoms with Crippen LogP contribution in [-0.4, -0.2) is 34.7 Å². The minimum Gasteiger partial charge on any atom is -0.391 e. The fourth-order valence-corrected chi connectivity index (χ4v) is 2.18. The molecule has 0 aliphatic heterocycles. The van der Waals surface area contributed by atoms with Crippen LogP contribution in [0.2, 0.25) is 0 Å². The lowest BCUT2D eigenvalue weighted by molar-refractivity contribution is -0.120. The van der Waals surface area contributed by atoms with E-state index in [0.717, 1.165) is 25.7 Å². The summed E-state index contributed by atoms with van der Waals surface area (Å²) in [6.45, 7) is 0. The summed E-state index contributed by atoms with van der Waals surface area (Å²) in [6.07, 6.45) is 3.33. The van der Waals surface area contributed by atoms with Crippen LogP contribution < -0.4 is 5.32 Å². The summed E-state index contributed by atoms with van der Waals surface area (Å²) in [5, 5.41) is 20.7. The Balaban J connectivity index is 2.21. The first-order valence-corrected chi connectivity index (χ1v) is 6.31. The van der Waals surface area contributed by atoms with Gasteiger partial charge in [0.25, 0.3) is 0 Å². The van der Waals surface area contributed by atoms with Crippen LogP contribution >= 0.6 is 11.8 Å². The van der Waals surface area contributed by atoms with Gasteiger partial charge in [-0.3, -0.25) is 4.79 Å². The molecule has 5 heteroatoms. The number of aliphatic hydroxyl groups is 1. The minimum absolute atomic E-state index is 0.0822. The van der Waals surface area contributed by atoms with Crippen molar-refractivity contribution >= 4 is 17.7 Å². The summed E-state index contributed by atoms with van der Waals surface area (Å²) in [6, 6.07) is 1.88. The van der Waals surface area contributed by atoms with Gasteiger partial charge in [-0.25, -0.2) is 0 Å². The van der Waals surface area contributed by atoms with E-state index in [4.69, 9.17) is 5.26 Å². The van der Waals surface area contributed by atoms with E-state index in [1.54, 1.807) is 0 Å². The predicted molar refractivity (Wildman–Crippen MR) is 59.3 cm³/mol. The van der Waals surface area contributed by atoms with Crippen molar-refractivity contribution in [1.82, 2.24) is 5.32 Å². The van der Waals surface area contributed by atoms with Crippen LogP contribution in [0.1, 0.15) is 25.7 Å². The molecule has 1 rings (SSSR count). The van der Waals surface area contributed by atoms with Crippen molar-refractivity contribution in [2.45, 2.75) is 37.8 Å². The number of hydrogen-bond acceptors (Lipinski definition) is 4. The molecule has 84 valence electrons. The molecular formula is C10H16N2O2S. The Morgan fingerprint density at radius 2 is 2.27 bits per heavy atom. The van der Waals surface area contributed by atoms with Gasteiger partial charge in [0.05, 0.1) is 29.7 Å². The third-order valence-electron chi connectivity index (χ3n) is 2.48. The fourth-order valence-electron chi connectivity index (χ4n) is 1.72. The zero-order valence-electron chi connectivity index (χ0n) is 8.61. The first kappa shape index (κ1) is 12.3. The molecule has 1 amide bonds. The molecule has 1 fully saturated rings. The van der Waals surface area contributed by atoms with E-state index < -0.39 is 6.10 Å². The van der Waals surface area contributed by atoms with Crippen molar-refractivity contribution in [3.05, 3.63) is 0 Å². The largest absolute Gasteiger partial charge is 0.391 e. The van der Waals surface area contributed by atoms with Crippen LogP contribution in [-0.2, 0) is 4.79 Å². The highest BCUT2D eigenvalue weighted by Gasteiger charge is 2.24. The number of nitriles is 1. The highest BCUT2D eigenvalue weighted by Crippen LogP contribution is 2.18. The van der Waals surface area contributed by atoms with Crippen molar-refractivity contribution < 1.29 is 9.90 Å². The van der Waals surface area contributed by atoms with Gasteiger partial charge in [-0.05, 0) is 12.8 Å². The second-order valence-electron chi connectivity index (χ2n) is 3.68. The first-order chi connectivity index (χ1) is 7.24. The standard InChI is InChI=1S/C10H16N2O2S/c11-5-6-15-7-10(14)12-8-3-1-2-4-9(8)13/h8-9,13H,1-4,6-7H2,(H,12,14)/t8-,9-/m0/s1. The monoisotopic (exact) mass is 228 g/mol. The van der Waals surface area contributed by atoms with Gasteiger partial charge in [-0.15, -0.1) is 11.8 Å². The topological polar surface area (TPSA) is 73.1 Å². The maximum Gasteiger partial charge on any atom is 0.230 e. The molecule has 1 saturated carbocycles. The zero-order chi connectivity index (χ0) is 11.1. The average Bonchev–Trinajstić information content (AvgIpc) is 2.22. The van der Waals surface area contributed by atoms with E-state index in [0.29, 0.717) is 11.5 Å².